The van der Waals surface area contributed by atoms with Gasteiger partial charge in [0.05, 0.1) is 0 Å². The molecule has 9 nitrogen and oxygen atoms in total. The summed E-state index contributed by atoms with van der Waals surface area (Å²) in [7, 11) is 3.24. The third-order valence-corrected chi connectivity index (χ3v) is 5.06. The van der Waals surface area contributed by atoms with Crippen LogP contribution in [0.2, 0.25) is 0 Å². The molecule has 0 aliphatic carbocycles. The summed E-state index contributed by atoms with van der Waals surface area (Å²) in [4.78, 5) is 51.9. The lowest BCUT2D eigenvalue weighted by atomic mass is 9.92. The number of urea groups is 1. The van der Waals surface area contributed by atoms with E-state index in [0.29, 0.717) is 16.8 Å². The Labute approximate surface area is 188 Å². The monoisotopic (exact) mass is 460 g/mol. The molecule has 11 heteroatoms. The van der Waals surface area contributed by atoms with Gasteiger partial charge in [-0.05, 0) is 48.9 Å². The minimum atomic E-state index is -2.99. The summed E-state index contributed by atoms with van der Waals surface area (Å²) >= 11 is 0. The molecule has 1 fully saturated rings. The van der Waals surface area contributed by atoms with Gasteiger partial charge in [-0.3, -0.25) is 19.3 Å². The molecular weight excluding hydrogens is 438 g/mol. The molecule has 0 bridgehead atoms. The van der Waals surface area contributed by atoms with Crippen molar-refractivity contribution in [3.05, 3.63) is 59.7 Å². The molecule has 1 saturated heterocycles. The van der Waals surface area contributed by atoms with Gasteiger partial charge >= 0.3 is 12.6 Å². The first-order valence-corrected chi connectivity index (χ1v) is 9.82. The molecule has 1 aliphatic rings. The van der Waals surface area contributed by atoms with E-state index in [1.54, 1.807) is 26.2 Å². The normalized spacial score (nSPS) is 17.7. The number of nitrogens with zero attached hydrogens (tertiary/aromatic N) is 2. The molecule has 2 N–H and O–H groups in total. The van der Waals surface area contributed by atoms with E-state index in [2.05, 4.69) is 15.4 Å². The van der Waals surface area contributed by atoms with Crippen LogP contribution < -0.4 is 15.4 Å². The summed E-state index contributed by atoms with van der Waals surface area (Å²) in [6.07, 6.45) is 0. The van der Waals surface area contributed by atoms with Gasteiger partial charge in [-0.25, -0.2) is 4.79 Å². The van der Waals surface area contributed by atoms with E-state index in [1.165, 1.54) is 48.2 Å². The van der Waals surface area contributed by atoms with Gasteiger partial charge in [0.2, 0.25) is 5.91 Å². The fourth-order valence-electron chi connectivity index (χ4n) is 3.30. The largest absolute Gasteiger partial charge is 0.435 e. The number of anilines is 1. The fourth-order valence-corrected chi connectivity index (χ4v) is 3.30. The number of ether oxygens (including phenoxy) is 1. The Balaban J connectivity index is 1.67. The van der Waals surface area contributed by atoms with E-state index in [4.69, 9.17) is 0 Å². The smallest absolute Gasteiger partial charge is 0.387 e. The van der Waals surface area contributed by atoms with Gasteiger partial charge in [-0.2, -0.15) is 8.78 Å². The summed E-state index contributed by atoms with van der Waals surface area (Å²) in [5.41, 5.74) is -0.311. The maximum absolute atomic E-state index is 12.9. The standard InChI is InChI=1S/C22H22F2N4O5/c1-22(14-6-10-16(11-7-14)33-20(23)24)19(31)28(21(32)26-22)12-17(29)25-15-8-4-13(5-9-15)18(30)27(2)3/h4-11,20H,12H2,1-3H3,(H,25,29)(H,26,32)/t22-/m0/s1. The van der Waals surface area contributed by atoms with Crippen LogP contribution in [0, 0.1) is 0 Å². The Kier molecular flexibility index (Phi) is 6.61. The summed E-state index contributed by atoms with van der Waals surface area (Å²) in [5, 5.41) is 5.11. The lowest BCUT2D eigenvalue weighted by Gasteiger charge is -2.22. The quantitative estimate of drug-likeness (QED) is 0.617. The summed E-state index contributed by atoms with van der Waals surface area (Å²) in [6, 6.07) is 10.7. The SMILES string of the molecule is CN(C)C(=O)c1ccc(NC(=O)CN2C(=O)N[C@@](C)(c3ccc(OC(F)F)cc3)C2=O)cc1. The van der Waals surface area contributed by atoms with Gasteiger partial charge in [0, 0.05) is 25.3 Å². The van der Waals surface area contributed by atoms with Crippen LogP contribution in [0.1, 0.15) is 22.8 Å². The first-order chi connectivity index (χ1) is 15.5. The van der Waals surface area contributed by atoms with E-state index in [1.807, 2.05) is 0 Å². The molecule has 5 amide bonds. The lowest BCUT2D eigenvalue weighted by molar-refractivity contribution is -0.133. The van der Waals surface area contributed by atoms with Crippen molar-refractivity contribution >= 4 is 29.4 Å². The minimum Gasteiger partial charge on any atom is -0.435 e. The molecule has 1 heterocycles. The lowest BCUT2D eigenvalue weighted by Crippen LogP contribution is -2.42. The van der Waals surface area contributed by atoms with E-state index in [0.717, 1.165) is 4.90 Å². The Bertz CT molecular complexity index is 1070. The number of carbonyl (C=O) groups excluding carboxylic acids is 4. The Hall–Kier alpha value is -4.02. The second-order valence-electron chi connectivity index (χ2n) is 7.67. The topological polar surface area (TPSA) is 108 Å². The maximum atomic E-state index is 12.9. The van der Waals surface area contributed by atoms with E-state index < -0.39 is 36.5 Å². The average Bonchev–Trinajstić information content (AvgIpc) is 2.97. The number of hydrogen-bond donors (Lipinski definition) is 2. The minimum absolute atomic E-state index is 0.0938. The second-order valence-corrected chi connectivity index (χ2v) is 7.67. The molecule has 1 atom stereocenters. The number of benzene rings is 2. The zero-order valence-electron chi connectivity index (χ0n) is 18.1. The van der Waals surface area contributed by atoms with Crippen LogP contribution in [-0.4, -0.2) is 60.8 Å². The number of imide groups is 1. The number of carbonyl (C=O) groups is 4. The van der Waals surface area contributed by atoms with Crippen LogP contribution >= 0.6 is 0 Å². The highest BCUT2D eigenvalue weighted by atomic mass is 19.3. The number of alkyl halides is 2. The molecule has 1 aliphatic heterocycles. The van der Waals surface area contributed by atoms with Crippen molar-refractivity contribution in [2.45, 2.75) is 19.1 Å². The highest BCUT2D eigenvalue weighted by Crippen LogP contribution is 2.30. The molecule has 0 saturated carbocycles. The van der Waals surface area contributed by atoms with Crippen molar-refractivity contribution in [3.8, 4) is 5.75 Å². The molecule has 0 radical (unpaired) electrons. The Morgan fingerprint density at radius 1 is 1.09 bits per heavy atom. The van der Waals surface area contributed by atoms with Gasteiger partial charge < -0.3 is 20.3 Å². The number of halogens is 2. The first kappa shape index (κ1) is 23.6. The van der Waals surface area contributed by atoms with Crippen LogP contribution in [0.4, 0.5) is 19.3 Å². The molecule has 3 rings (SSSR count). The molecule has 0 aromatic heterocycles. The van der Waals surface area contributed by atoms with Crippen molar-refractivity contribution in [1.82, 2.24) is 15.1 Å². The predicted molar refractivity (Wildman–Crippen MR) is 114 cm³/mol. The Morgan fingerprint density at radius 3 is 2.24 bits per heavy atom. The highest BCUT2D eigenvalue weighted by Gasteiger charge is 2.49. The molecule has 2 aromatic rings. The number of rotatable bonds is 7. The number of amides is 5. The molecule has 2 aromatic carbocycles. The maximum Gasteiger partial charge on any atom is 0.387 e. The van der Waals surface area contributed by atoms with Gasteiger partial charge in [0.15, 0.2) is 0 Å². The van der Waals surface area contributed by atoms with E-state index in [-0.39, 0.29) is 11.7 Å². The number of hydrogen-bond acceptors (Lipinski definition) is 5. The summed E-state index contributed by atoms with van der Waals surface area (Å²) in [6.45, 7) is -2.07. The molecular formula is C22H22F2N4O5. The first-order valence-electron chi connectivity index (χ1n) is 9.82. The van der Waals surface area contributed by atoms with Gasteiger partial charge in [0.25, 0.3) is 11.8 Å². The highest BCUT2D eigenvalue weighted by molar-refractivity contribution is 6.10. The third-order valence-electron chi connectivity index (χ3n) is 5.06. The van der Waals surface area contributed by atoms with Gasteiger partial charge in [0.1, 0.15) is 17.8 Å². The fraction of sp³-hybridized carbons (Fsp3) is 0.273. The van der Waals surface area contributed by atoms with Crippen LogP contribution in [0.15, 0.2) is 48.5 Å². The van der Waals surface area contributed by atoms with E-state index >= 15 is 0 Å². The summed E-state index contributed by atoms with van der Waals surface area (Å²) < 4.78 is 28.9. The summed E-state index contributed by atoms with van der Waals surface area (Å²) in [5.74, 6) is -1.57. The van der Waals surface area contributed by atoms with Crippen LogP contribution in [0.25, 0.3) is 0 Å². The number of nitrogens with one attached hydrogen (secondary N) is 2. The molecule has 0 spiro atoms. The molecule has 0 unspecified atom stereocenters. The van der Waals surface area contributed by atoms with Crippen molar-refractivity contribution in [2.75, 3.05) is 26.0 Å². The molecule has 174 valence electrons. The molecule has 33 heavy (non-hydrogen) atoms. The van der Waals surface area contributed by atoms with Crippen molar-refractivity contribution in [1.29, 1.82) is 0 Å². The third kappa shape index (κ3) is 5.08. The van der Waals surface area contributed by atoms with Crippen LogP contribution in [-0.2, 0) is 15.1 Å². The average molecular weight is 460 g/mol. The van der Waals surface area contributed by atoms with Crippen LogP contribution in [0.5, 0.6) is 5.75 Å². The Morgan fingerprint density at radius 2 is 1.70 bits per heavy atom. The zero-order chi connectivity index (χ0) is 24.3. The van der Waals surface area contributed by atoms with E-state index in [9.17, 15) is 28.0 Å². The van der Waals surface area contributed by atoms with Gasteiger partial charge in [-0.1, -0.05) is 12.1 Å². The van der Waals surface area contributed by atoms with Crippen molar-refractivity contribution in [3.63, 3.8) is 0 Å². The van der Waals surface area contributed by atoms with Crippen LogP contribution in [0.3, 0.4) is 0 Å². The van der Waals surface area contributed by atoms with Crippen molar-refractivity contribution in [2.24, 2.45) is 0 Å². The van der Waals surface area contributed by atoms with Crippen molar-refractivity contribution < 1.29 is 32.7 Å². The predicted octanol–water partition coefficient (Wildman–Crippen LogP) is 2.40. The van der Waals surface area contributed by atoms with Gasteiger partial charge in [-0.15, -0.1) is 0 Å². The second kappa shape index (κ2) is 9.23. The zero-order valence-corrected chi connectivity index (χ0v) is 18.1.